The maximum Gasteiger partial charge on any atom is 0.587 e. The molecule has 1 aliphatic rings. The van der Waals surface area contributed by atoms with Crippen LogP contribution in [0.2, 0.25) is 0 Å². The lowest BCUT2D eigenvalue weighted by Crippen LogP contribution is -2.33. The van der Waals surface area contributed by atoms with Crippen LogP contribution in [-0.4, -0.2) is 0 Å². The standard InChI is InChI=1S/C36H39O4P/c1-27(30-20-21-33-34(25-30)36(4,5)23-22-35(33,2)3)24-28-16-18-29(19-17-28)26-38-41(37,39-31-12-8-6-9-13-31)40-32-14-10-7-11-15-32/h6-21,24-25H,22-23,26H2,1-5H3/b27-24+. The van der Waals surface area contributed by atoms with Crippen molar-refractivity contribution in [2.24, 2.45) is 0 Å². The molecule has 1 aliphatic carbocycles. The van der Waals surface area contributed by atoms with Crippen molar-refractivity contribution in [2.75, 3.05) is 0 Å². The molecule has 0 atom stereocenters. The number of phosphoric acid groups is 1. The fraction of sp³-hybridized carbons (Fsp3) is 0.278. The zero-order chi connectivity index (χ0) is 29.1. The third-order valence-corrected chi connectivity index (χ3v) is 9.30. The summed E-state index contributed by atoms with van der Waals surface area (Å²) in [5.74, 6) is 0.828. The third kappa shape index (κ3) is 7.01. The highest BCUT2D eigenvalue weighted by atomic mass is 31.2. The van der Waals surface area contributed by atoms with Gasteiger partial charge in [-0.25, -0.2) is 4.57 Å². The molecule has 0 bridgehead atoms. The second-order valence-corrected chi connectivity index (χ2v) is 13.6. The summed E-state index contributed by atoms with van der Waals surface area (Å²) in [6.07, 6.45) is 4.61. The van der Waals surface area contributed by atoms with Crippen LogP contribution < -0.4 is 9.05 Å². The van der Waals surface area contributed by atoms with Crippen LogP contribution in [0.25, 0.3) is 11.6 Å². The molecule has 5 heteroatoms. The van der Waals surface area contributed by atoms with Gasteiger partial charge in [0.15, 0.2) is 0 Å². The Morgan fingerprint density at radius 2 is 1.27 bits per heavy atom. The van der Waals surface area contributed by atoms with Crippen LogP contribution in [0.15, 0.2) is 103 Å². The Balaban J connectivity index is 1.30. The van der Waals surface area contributed by atoms with Crippen molar-refractivity contribution in [1.82, 2.24) is 0 Å². The molecule has 0 aliphatic heterocycles. The van der Waals surface area contributed by atoms with E-state index in [0.29, 0.717) is 11.5 Å². The fourth-order valence-electron chi connectivity index (χ4n) is 5.32. The number of fused-ring (bicyclic) bond motifs is 1. The molecule has 4 aromatic carbocycles. The van der Waals surface area contributed by atoms with E-state index in [4.69, 9.17) is 13.6 Å². The van der Waals surface area contributed by atoms with Crippen molar-refractivity contribution < 1.29 is 18.1 Å². The van der Waals surface area contributed by atoms with Gasteiger partial charge in [-0.3, -0.25) is 4.52 Å². The molecular weight excluding hydrogens is 527 g/mol. The summed E-state index contributed by atoms with van der Waals surface area (Å²) in [6.45, 7) is 11.7. The summed E-state index contributed by atoms with van der Waals surface area (Å²) in [5, 5.41) is 0. The van der Waals surface area contributed by atoms with Gasteiger partial charge in [-0.05, 0) is 88.3 Å². The van der Waals surface area contributed by atoms with Gasteiger partial charge in [0, 0.05) is 0 Å². The van der Waals surface area contributed by atoms with Crippen LogP contribution in [0.3, 0.4) is 0 Å². The van der Waals surface area contributed by atoms with E-state index in [1.165, 1.54) is 35.1 Å². The van der Waals surface area contributed by atoms with Gasteiger partial charge in [0.2, 0.25) is 0 Å². The quantitative estimate of drug-likeness (QED) is 0.149. The van der Waals surface area contributed by atoms with Gasteiger partial charge in [-0.2, -0.15) is 0 Å². The van der Waals surface area contributed by atoms with Crippen molar-refractivity contribution >= 4 is 19.5 Å². The molecule has 0 aromatic heterocycles. The number of phosphoric ester groups is 1. The Bertz CT molecular complexity index is 1510. The lowest BCUT2D eigenvalue weighted by Gasteiger charge is -2.42. The molecule has 4 aromatic rings. The summed E-state index contributed by atoms with van der Waals surface area (Å²) >= 11 is 0. The first-order valence-electron chi connectivity index (χ1n) is 14.2. The smallest absolute Gasteiger partial charge is 0.395 e. The van der Waals surface area contributed by atoms with Gasteiger partial charge in [0.25, 0.3) is 0 Å². The Morgan fingerprint density at radius 1 is 0.732 bits per heavy atom. The van der Waals surface area contributed by atoms with Gasteiger partial charge in [-0.15, -0.1) is 0 Å². The molecule has 5 rings (SSSR count). The number of allylic oxidation sites excluding steroid dienone is 1. The number of hydrogen-bond donors (Lipinski definition) is 0. The van der Waals surface area contributed by atoms with E-state index < -0.39 is 7.82 Å². The van der Waals surface area contributed by atoms with E-state index >= 15 is 0 Å². The Morgan fingerprint density at radius 3 is 1.83 bits per heavy atom. The van der Waals surface area contributed by atoms with E-state index in [2.05, 4.69) is 71.0 Å². The summed E-state index contributed by atoms with van der Waals surface area (Å²) < 4.78 is 30.8. The highest BCUT2D eigenvalue weighted by Gasteiger charge is 2.37. The first kappa shape index (κ1) is 28.9. The molecule has 4 nitrogen and oxygen atoms in total. The Kier molecular flexibility index (Phi) is 8.27. The molecule has 41 heavy (non-hydrogen) atoms. The van der Waals surface area contributed by atoms with Crippen LogP contribution in [-0.2, 0) is 26.5 Å². The van der Waals surface area contributed by atoms with Crippen molar-refractivity contribution in [2.45, 2.75) is 64.9 Å². The zero-order valence-corrected chi connectivity index (χ0v) is 25.5. The van der Waals surface area contributed by atoms with Crippen molar-refractivity contribution in [1.29, 1.82) is 0 Å². The summed E-state index contributed by atoms with van der Waals surface area (Å²) in [7, 11) is -3.95. The van der Waals surface area contributed by atoms with Crippen molar-refractivity contribution in [3.05, 3.63) is 131 Å². The molecular formula is C36H39O4P. The minimum absolute atomic E-state index is 0.0790. The first-order chi connectivity index (χ1) is 19.5. The molecule has 0 amide bonds. The van der Waals surface area contributed by atoms with E-state index in [0.717, 1.165) is 11.1 Å². The second-order valence-electron chi connectivity index (χ2n) is 12.1. The van der Waals surface area contributed by atoms with Gasteiger partial charge in [0.05, 0.1) is 6.61 Å². The number of benzene rings is 4. The van der Waals surface area contributed by atoms with E-state index in [1.807, 2.05) is 48.5 Å². The lowest BCUT2D eigenvalue weighted by atomic mass is 9.63. The Labute approximate surface area is 244 Å². The maximum absolute atomic E-state index is 13.6. The molecule has 0 N–H and O–H groups in total. The van der Waals surface area contributed by atoms with Crippen LogP contribution in [0.5, 0.6) is 11.5 Å². The molecule has 0 saturated carbocycles. The second kappa shape index (κ2) is 11.7. The topological polar surface area (TPSA) is 44.8 Å². The van der Waals surface area contributed by atoms with Gasteiger partial charge < -0.3 is 9.05 Å². The highest BCUT2D eigenvalue weighted by Crippen LogP contribution is 2.50. The number of hydrogen-bond acceptors (Lipinski definition) is 4. The maximum atomic E-state index is 13.6. The van der Waals surface area contributed by atoms with Crippen molar-refractivity contribution in [3.8, 4) is 11.5 Å². The molecule has 0 heterocycles. The predicted octanol–water partition coefficient (Wildman–Crippen LogP) is 10.4. The minimum Gasteiger partial charge on any atom is -0.395 e. The SMILES string of the molecule is C/C(=C\c1ccc(COP(=O)(Oc2ccccc2)Oc2ccccc2)cc1)c1ccc2c(c1)C(C)(C)CCC2(C)C. The average molecular weight is 567 g/mol. The van der Waals surface area contributed by atoms with Crippen LogP contribution in [0.1, 0.15) is 75.3 Å². The molecule has 212 valence electrons. The van der Waals surface area contributed by atoms with Gasteiger partial charge in [0.1, 0.15) is 11.5 Å². The summed E-state index contributed by atoms with van der Waals surface area (Å²) in [4.78, 5) is 0. The summed E-state index contributed by atoms with van der Waals surface area (Å²) in [6, 6.07) is 32.9. The van der Waals surface area contributed by atoms with E-state index in [-0.39, 0.29) is 17.4 Å². The minimum atomic E-state index is -3.95. The molecule has 0 unspecified atom stereocenters. The lowest BCUT2D eigenvalue weighted by molar-refractivity contribution is 0.201. The normalized spacial score (nSPS) is 16.1. The third-order valence-electron chi connectivity index (χ3n) is 7.98. The zero-order valence-electron chi connectivity index (χ0n) is 24.6. The van der Waals surface area contributed by atoms with E-state index in [9.17, 15) is 4.57 Å². The molecule has 0 fully saturated rings. The monoisotopic (exact) mass is 566 g/mol. The van der Waals surface area contributed by atoms with Gasteiger partial charge >= 0.3 is 7.82 Å². The van der Waals surface area contributed by atoms with Gasteiger partial charge in [-0.1, -0.05) is 113 Å². The largest absolute Gasteiger partial charge is 0.587 e. The first-order valence-corrected chi connectivity index (χ1v) is 15.7. The fourth-order valence-corrected chi connectivity index (χ4v) is 6.53. The van der Waals surface area contributed by atoms with Crippen LogP contribution in [0.4, 0.5) is 0 Å². The molecule has 0 saturated heterocycles. The predicted molar refractivity (Wildman–Crippen MR) is 168 cm³/mol. The molecule has 0 spiro atoms. The van der Waals surface area contributed by atoms with E-state index in [1.54, 1.807) is 24.3 Å². The van der Waals surface area contributed by atoms with Crippen LogP contribution >= 0.6 is 7.82 Å². The molecule has 0 radical (unpaired) electrons. The summed E-state index contributed by atoms with van der Waals surface area (Å²) in [5.41, 5.74) is 7.74. The van der Waals surface area contributed by atoms with Crippen molar-refractivity contribution in [3.63, 3.8) is 0 Å². The number of rotatable bonds is 9. The number of para-hydroxylation sites is 2. The highest BCUT2D eigenvalue weighted by molar-refractivity contribution is 7.49. The Hall–Kier alpha value is -3.59. The average Bonchev–Trinajstić information content (AvgIpc) is 2.96. The van der Waals surface area contributed by atoms with Crippen LogP contribution in [0, 0.1) is 0 Å².